The number of fused-ring (bicyclic) bond motifs is 1. The van der Waals surface area contributed by atoms with Crippen molar-refractivity contribution in [3.63, 3.8) is 0 Å². The third-order valence-corrected chi connectivity index (χ3v) is 4.64. The van der Waals surface area contributed by atoms with E-state index in [-0.39, 0.29) is 12.2 Å². The van der Waals surface area contributed by atoms with Crippen LogP contribution in [0.15, 0.2) is 24.3 Å². The first-order chi connectivity index (χ1) is 9.50. The molecular formula is C14H22NO4P. The predicted molar refractivity (Wildman–Crippen MR) is 73.6 cm³/mol. The summed E-state index contributed by atoms with van der Waals surface area (Å²) in [6, 6.07) is 8.45. The summed E-state index contributed by atoms with van der Waals surface area (Å²) in [7, 11) is -3.90. The molecule has 6 heteroatoms. The summed E-state index contributed by atoms with van der Waals surface area (Å²) < 4.78 is 20.2. The fourth-order valence-corrected chi connectivity index (χ4v) is 3.61. The van der Waals surface area contributed by atoms with Gasteiger partial charge in [0, 0.05) is 5.56 Å². The first kappa shape index (κ1) is 15.7. The van der Waals surface area contributed by atoms with E-state index in [1.165, 1.54) is 11.1 Å². The second kappa shape index (κ2) is 6.83. The lowest BCUT2D eigenvalue weighted by molar-refractivity contribution is -0.386. The molecule has 1 aromatic carbocycles. The van der Waals surface area contributed by atoms with E-state index in [1.807, 2.05) is 0 Å². The standard InChI is InChI=1S/C8H11N.C6H11O4P/c1-7-2-4-8(6-9)5-3-7;7-11(8)9-5-3-1-2-4-6(5)10-11/h2-5H,6,9H2,1H3;5-6H,1-4H2,(H,7,8)/t;5-,6-/m.0/s1. The van der Waals surface area contributed by atoms with Crippen molar-refractivity contribution in [2.45, 2.75) is 51.4 Å². The minimum absolute atomic E-state index is 0.188. The second-order valence-electron chi connectivity index (χ2n) is 5.25. The lowest BCUT2D eigenvalue weighted by atomic mass is 9.95. The van der Waals surface area contributed by atoms with Crippen LogP contribution >= 0.6 is 7.82 Å². The molecule has 2 atom stereocenters. The molecule has 2 fully saturated rings. The average Bonchev–Trinajstić information content (AvgIpc) is 2.74. The Bertz CT molecular complexity index is 459. The Balaban J connectivity index is 0.000000151. The monoisotopic (exact) mass is 299 g/mol. The van der Waals surface area contributed by atoms with E-state index < -0.39 is 7.82 Å². The molecule has 112 valence electrons. The van der Waals surface area contributed by atoms with Crippen molar-refractivity contribution in [3.05, 3.63) is 35.4 Å². The summed E-state index contributed by atoms with van der Waals surface area (Å²) >= 11 is 0. The van der Waals surface area contributed by atoms with Crippen LogP contribution in [0.25, 0.3) is 0 Å². The van der Waals surface area contributed by atoms with Gasteiger partial charge in [-0.3, -0.25) is 4.57 Å². The van der Waals surface area contributed by atoms with Crippen LogP contribution < -0.4 is 10.6 Å². The molecule has 0 radical (unpaired) electrons. The molecule has 0 bridgehead atoms. The summed E-state index contributed by atoms with van der Waals surface area (Å²) in [5.74, 6) is 0. The van der Waals surface area contributed by atoms with Crippen molar-refractivity contribution in [2.24, 2.45) is 0 Å². The number of rotatable bonds is 1. The van der Waals surface area contributed by atoms with E-state index in [0.717, 1.165) is 32.2 Å². The Morgan fingerprint density at radius 3 is 2.15 bits per heavy atom. The van der Waals surface area contributed by atoms with Crippen molar-refractivity contribution in [3.8, 4) is 0 Å². The van der Waals surface area contributed by atoms with Crippen LogP contribution in [0, 0.1) is 6.92 Å². The molecule has 2 aliphatic rings. The summed E-state index contributed by atoms with van der Waals surface area (Å²) in [5, 5.41) is 0. The zero-order chi connectivity index (χ0) is 14.6. The highest BCUT2D eigenvalue weighted by atomic mass is 31.2. The number of hydrogen-bond acceptors (Lipinski definition) is 4. The van der Waals surface area contributed by atoms with E-state index in [0.29, 0.717) is 0 Å². The molecule has 0 spiro atoms. The largest absolute Gasteiger partial charge is 0.756 e. The number of phosphoric ester groups is 1. The van der Waals surface area contributed by atoms with Crippen LogP contribution in [0.3, 0.4) is 0 Å². The fraction of sp³-hybridized carbons (Fsp3) is 0.571. The van der Waals surface area contributed by atoms with Crippen molar-refractivity contribution in [2.75, 3.05) is 0 Å². The Kier molecular flexibility index (Phi) is 5.35. The predicted octanol–water partition coefficient (Wildman–Crippen LogP) is 1.55. The highest BCUT2D eigenvalue weighted by molar-refractivity contribution is 7.46. The van der Waals surface area contributed by atoms with E-state index in [1.54, 1.807) is 0 Å². The highest BCUT2D eigenvalue weighted by Gasteiger charge is 2.38. The highest BCUT2D eigenvalue weighted by Crippen LogP contribution is 2.52. The van der Waals surface area contributed by atoms with Crippen LogP contribution in [0.2, 0.25) is 0 Å². The van der Waals surface area contributed by atoms with Gasteiger partial charge in [-0.2, -0.15) is 0 Å². The first-order valence-electron chi connectivity index (χ1n) is 7.03. The smallest absolute Gasteiger partial charge is 0.268 e. The molecule has 1 aliphatic heterocycles. The van der Waals surface area contributed by atoms with E-state index in [9.17, 15) is 9.46 Å². The van der Waals surface area contributed by atoms with Gasteiger partial charge in [-0.05, 0) is 19.8 Å². The number of benzene rings is 1. The van der Waals surface area contributed by atoms with Gasteiger partial charge in [0.2, 0.25) is 0 Å². The Morgan fingerprint density at radius 1 is 1.20 bits per heavy atom. The van der Waals surface area contributed by atoms with Crippen molar-refractivity contribution in [1.29, 1.82) is 0 Å². The minimum Gasteiger partial charge on any atom is -0.756 e. The van der Waals surface area contributed by atoms with E-state index in [2.05, 4.69) is 36.9 Å². The molecule has 1 aromatic rings. The number of hydrogen-bond donors (Lipinski definition) is 1. The van der Waals surface area contributed by atoms with Crippen molar-refractivity contribution >= 4 is 7.82 Å². The third-order valence-electron chi connectivity index (χ3n) is 3.58. The van der Waals surface area contributed by atoms with Crippen LogP contribution in [0.4, 0.5) is 0 Å². The van der Waals surface area contributed by atoms with E-state index in [4.69, 9.17) is 9.05 Å². The van der Waals surface area contributed by atoms with Crippen molar-refractivity contribution in [1.82, 2.24) is 0 Å². The quantitative estimate of drug-likeness (QED) is 0.797. The molecule has 1 saturated heterocycles. The van der Waals surface area contributed by atoms with Gasteiger partial charge in [0.1, 0.15) is 0 Å². The molecule has 20 heavy (non-hydrogen) atoms. The molecule has 1 aliphatic carbocycles. The van der Waals surface area contributed by atoms with E-state index >= 15 is 0 Å². The first-order valence-corrected chi connectivity index (χ1v) is 8.49. The third kappa shape index (κ3) is 4.40. The van der Waals surface area contributed by atoms with Gasteiger partial charge in [0.05, 0.1) is 18.8 Å². The second-order valence-corrected chi connectivity index (χ2v) is 6.57. The van der Waals surface area contributed by atoms with Crippen LogP contribution in [-0.2, 0) is 20.2 Å². The van der Waals surface area contributed by atoms with Gasteiger partial charge < -0.3 is 19.7 Å². The van der Waals surface area contributed by atoms with Gasteiger partial charge >= 0.3 is 0 Å². The molecule has 5 nitrogen and oxygen atoms in total. The Hall–Kier alpha value is -0.710. The number of phosphoric acid groups is 1. The topological polar surface area (TPSA) is 86.2 Å². The molecule has 0 amide bonds. The van der Waals surface area contributed by atoms with Gasteiger partial charge in [-0.15, -0.1) is 0 Å². The Labute approximate surface area is 119 Å². The molecule has 0 unspecified atom stereocenters. The van der Waals surface area contributed by atoms with Gasteiger partial charge in [0.15, 0.2) is 0 Å². The summed E-state index contributed by atoms with van der Waals surface area (Å²) in [4.78, 5) is 10.8. The lowest BCUT2D eigenvalue weighted by Gasteiger charge is -2.20. The van der Waals surface area contributed by atoms with Crippen LogP contribution in [0.1, 0.15) is 36.8 Å². The summed E-state index contributed by atoms with van der Waals surface area (Å²) in [6.07, 6.45) is 3.35. The molecule has 0 aromatic heterocycles. The molecule has 1 saturated carbocycles. The average molecular weight is 299 g/mol. The van der Waals surface area contributed by atoms with Gasteiger partial charge in [-0.1, -0.05) is 42.7 Å². The molecule has 1 heterocycles. The van der Waals surface area contributed by atoms with Crippen LogP contribution in [0.5, 0.6) is 0 Å². The zero-order valence-electron chi connectivity index (χ0n) is 11.8. The van der Waals surface area contributed by atoms with Crippen LogP contribution in [-0.4, -0.2) is 12.2 Å². The van der Waals surface area contributed by atoms with Crippen molar-refractivity contribution < 1.29 is 24.2 Å². The maximum Gasteiger partial charge on any atom is 0.268 e. The molecule has 3 N–H and O–H groups in total. The fourth-order valence-electron chi connectivity index (χ4n) is 2.42. The van der Waals surface area contributed by atoms with Gasteiger partial charge in [-0.25, -0.2) is 0 Å². The lowest BCUT2D eigenvalue weighted by Crippen LogP contribution is -2.47. The summed E-state index contributed by atoms with van der Waals surface area (Å²) in [6.45, 7) is 2.98. The SMILES string of the molecule is Cc1ccc(C[NH3+])cc1.O=P1([O-])O[C@H]2CCCC[C@@H]2O1. The maximum absolute atomic E-state index is 10.8. The molecular weight excluding hydrogens is 277 g/mol. The Morgan fingerprint density at radius 2 is 1.70 bits per heavy atom. The van der Waals surface area contributed by atoms with Gasteiger partial charge in [0.25, 0.3) is 7.82 Å². The molecule has 3 rings (SSSR count). The number of quaternary nitrogens is 1. The maximum atomic E-state index is 10.8. The summed E-state index contributed by atoms with van der Waals surface area (Å²) in [5.41, 5.74) is 6.40. The number of aryl methyl sites for hydroxylation is 1. The minimum atomic E-state index is -3.90. The zero-order valence-corrected chi connectivity index (χ0v) is 12.7. The normalized spacial score (nSPS) is 27.4.